The van der Waals surface area contributed by atoms with E-state index in [1.165, 1.54) is 0 Å². The van der Waals surface area contributed by atoms with Crippen molar-refractivity contribution in [1.29, 1.82) is 0 Å². The molecule has 3 nitrogen and oxygen atoms in total. The van der Waals surface area contributed by atoms with Gasteiger partial charge in [0.2, 0.25) is 0 Å². The summed E-state index contributed by atoms with van der Waals surface area (Å²) >= 11 is 0. The maximum atomic E-state index is 11.5. The molecule has 0 radical (unpaired) electrons. The molecule has 2 atom stereocenters. The van der Waals surface area contributed by atoms with Crippen molar-refractivity contribution in [3.63, 3.8) is 0 Å². The van der Waals surface area contributed by atoms with E-state index in [0.717, 1.165) is 0 Å². The topological polar surface area (TPSA) is 54.4 Å². The van der Waals surface area contributed by atoms with Crippen LogP contribution in [0.3, 0.4) is 0 Å². The lowest BCUT2D eigenvalue weighted by Crippen LogP contribution is -2.38. The van der Waals surface area contributed by atoms with Crippen molar-refractivity contribution >= 4 is 9.84 Å². The van der Waals surface area contributed by atoms with Crippen LogP contribution in [0.4, 0.5) is 0 Å². The Bertz CT molecular complexity index is 264. The van der Waals surface area contributed by atoms with Crippen molar-refractivity contribution in [2.45, 2.75) is 38.0 Å². The van der Waals surface area contributed by atoms with Gasteiger partial charge in [0, 0.05) is 5.92 Å². The average molecular weight is 192 g/mol. The Morgan fingerprint density at radius 1 is 1.50 bits per heavy atom. The van der Waals surface area contributed by atoms with Crippen LogP contribution < -0.4 is 0 Å². The molecule has 0 bridgehead atoms. The smallest absolute Gasteiger partial charge is 0.155 e. The van der Waals surface area contributed by atoms with E-state index in [2.05, 4.69) is 0 Å². The van der Waals surface area contributed by atoms with Crippen LogP contribution in [0.1, 0.15) is 27.2 Å². The maximum absolute atomic E-state index is 11.5. The first-order chi connectivity index (χ1) is 5.29. The first-order valence-corrected chi connectivity index (χ1v) is 5.84. The van der Waals surface area contributed by atoms with Gasteiger partial charge in [0.15, 0.2) is 9.84 Å². The van der Waals surface area contributed by atoms with Gasteiger partial charge in [0.1, 0.15) is 0 Å². The summed E-state index contributed by atoms with van der Waals surface area (Å²) in [4.78, 5) is 0. The van der Waals surface area contributed by atoms with Crippen LogP contribution in [0.2, 0.25) is 0 Å². The minimum absolute atomic E-state index is 0.109. The lowest BCUT2D eigenvalue weighted by molar-refractivity contribution is 0.110. The van der Waals surface area contributed by atoms with E-state index in [1.54, 1.807) is 20.8 Å². The lowest BCUT2D eigenvalue weighted by Gasteiger charge is -2.27. The average Bonchev–Trinajstić information content (AvgIpc) is 2.03. The fourth-order valence-corrected chi connectivity index (χ4v) is 3.81. The first-order valence-electron chi connectivity index (χ1n) is 4.19. The normalized spacial score (nSPS) is 34.8. The molecule has 0 aliphatic carbocycles. The van der Waals surface area contributed by atoms with E-state index >= 15 is 0 Å². The van der Waals surface area contributed by atoms with Gasteiger partial charge in [-0.15, -0.1) is 0 Å². The van der Waals surface area contributed by atoms with Crippen LogP contribution in [0.15, 0.2) is 0 Å². The van der Waals surface area contributed by atoms with E-state index in [0.29, 0.717) is 6.42 Å². The first kappa shape index (κ1) is 9.99. The zero-order valence-corrected chi connectivity index (χ0v) is 8.56. The monoisotopic (exact) mass is 192 g/mol. The minimum Gasteiger partial charge on any atom is -0.393 e. The number of hydrogen-bond donors (Lipinski definition) is 1. The van der Waals surface area contributed by atoms with Crippen molar-refractivity contribution in [2.75, 3.05) is 5.75 Å². The van der Waals surface area contributed by atoms with Crippen LogP contribution >= 0.6 is 0 Å². The highest BCUT2D eigenvalue weighted by Crippen LogP contribution is 2.38. The molecule has 0 saturated carbocycles. The molecule has 12 heavy (non-hydrogen) atoms. The summed E-state index contributed by atoms with van der Waals surface area (Å²) in [7, 11) is -2.98. The molecule has 0 aromatic heterocycles. The third-order valence-electron chi connectivity index (χ3n) is 2.97. The van der Waals surface area contributed by atoms with Gasteiger partial charge in [-0.25, -0.2) is 8.42 Å². The lowest BCUT2D eigenvalue weighted by atomic mass is 9.88. The maximum Gasteiger partial charge on any atom is 0.155 e. The van der Waals surface area contributed by atoms with Crippen LogP contribution in [0.5, 0.6) is 0 Å². The second kappa shape index (κ2) is 2.70. The molecule has 1 aliphatic heterocycles. The molecule has 4 heteroatoms. The summed E-state index contributed by atoms with van der Waals surface area (Å²) in [5, 5.41) is 9.36. The zero-order valence-electron chi connectivity index (χ0n) is 7.74. The molecule has 1 saturated heterocycles. The van der Waals surface area contributed by atoms with Crippen LogP contribution in [0, 0.1) is 5.92 Å². The highest BCUT2D eigenvalue weighted by Gasteiger charge is 2.49. The highest BCUT2D eigenvalue weighted by molar-refractivity contribution is 7.93. The summed E-state index contributed by atoms with van der Waals surface area (Å²) in [6.45, 7) is 5.06. The van der Waals surface area contributed by atoms with Gasteiger partial charge in [0.05, 0.1) is 16.6 Å². The van der Waals surface area contributed by atoms with Crippen LogP contribution in [-0.4, -0.2) is 30.1 Å². The molecule has 0 spiro atoms. The molecule has 1 fully saturated rings. The quantitative estimate of drug-likeness (QED) is 0.661. The Labute approximate surface area is 73.7 Å². The largest absolute Gasteiger partial charge is 0.393 e. The molecule has 1 N–H and O–H groups in total. The third-order valence-corrected chi connectivity index (χ3v) is 5.65. The summed E-state index contributed by atoms with van der Waals surface area (Å²) in [6, 6.07) is 0. The second-order valence-electron chi connectivity index (χ2n) is 4.06. The Morgan fingerprint density at radius 3 is 2.17 bits per heavy atom. The molecule has 1 heterocycles. The Balaban J connectivity index is 3.01. The van der Waals surface area contributed by atoms with Crippen molar-refractivity contribution in [3.8, 4) is 0 Å². The van der Waals surface area contributed by atoms with Crippen molar-refractivity contribution in [3.05, 3.63) is 0 Å². The summed E-state index contributed by atoms with van der Waals surface area (Å²) in [5.41, 5.74) is 0. The molecule has 1 unspecified atom stereocenters. The number of rotatable bonds is 1. The van der Waals surface area contributed by atoms with Gasteiger partial charge in [-0.1, -0.05) is 0 Å². The van der Waals surface area contributed by atoms with Gasteiger partial charge >= 0.3 is 0 Å². The summed E-state index contributed by atoms with van der Waals surface area (Å²) < 4.78 is 22.2. The Kier molecular flexibility index (Phi) is 2.25. The fraction of sp³-hybridized carbons (Fsp3) is 1.00. The van der Waals surface area contributed by atoms with Gasteiger partial charge < -0.3 is 5.11 Å². The van der Waals surface area contributed by atoms with Crippen LogP contribution in [0.25, 0.3) is 0 Å². The number of aliphatic hydroxyl groups excluding tert-OH is 1. The second-order valence-corrected chi connectivity index (χ2v) is 6.75. The molecular weight excluding hydrogens is 176 g/mol. The van der Waals surface area contributed by atoms with Gasteiger partial charge in [-0.05, 0) is 27.2 Å². The van der Waals surface area contributed by atoms with E-state index in [4.69, 9.17) is 0 Å². The fourth-order valence-electron chi connectivity index (χ4n) is 1.95. The number of sulfone groups is 1. The predicted molar refractivity (Wildman–Crippen MR) is 47.7 cm³/mol. The molecular formula is C8H16O3S. The molecule has 72 valence electrons. The van der Waals surface area contributed by atoms with Gasteiger partial charge in [0.25, 0.3) is 0 Å². The highest BCUT2D eigenvalue weighted by atomic mass is 32.2. The molecule has 0 aromatic carbocycles. The van der Waals surface area contributed by atoms with Crippen molar-refractivity contribution in [2.24, 2.45) is 5.92 Å². The van der Waals surface area contributed by atoms with Crippen molar-refractivity contribution < 1.29 is 13.5 Å². The van der Waals surface area contributed by atoms with Gasteiger partial charge in [-0.3, -0.25) is 0 Å². The standard InChI is InChI=1S/C8H16O3S/c1-6(9)7-4-5-12(10,11)8(7,2)3/h6-7,9H,4-5H2,1-3H3/t6-,7?/m1/s1. The number of aliphatic hydroxyl groups is 1. The van der Waals surface area contributed by atoms with E-state index < -0.39 is 20.7 Å². The molecule has 0 aromatic rings. The minimum atomic E-state index is -2.98. The van der Waals surface area contributed by atoms with E-state index in [9.17, 15) is 13.5 Å². The number of hydrogen-bond acceptors (Lipinski definition) is 3. The van der Waals surface area contributed by atoms with E-state index in [1.807, 2.05) is 0 Å². The zero-order chi connectivity index (χ0) is 9.57. The third kappa shape index (κ3) is 1.27. The summed E-state index contributed by atoms with van der Waals surface area (Å²) in [6.07, 6.45) is 0.0600. The summed E-state index contributed by atoms with van der Waals surface area (Å²) in [5.74, 6) is 0.109. The van der Waals surface area contributed by atoms with Gasteiger partial charge in [-0.2, -0.15) is 0 Å². The SMILES string of the molecule is C[C@@H](O)C1CCS(=O)(=O)C1(C)C. The van der Waals surface area contributed by atoms with Crippen LogP contribution in [-0.2, 0) is 9.84 Å². The van der Waals surface area contributed by atoms with E-state index in [-0.39, 0.29) is 11.7 Å². The molecule has 1 rings (SSSR count). The Hall–Kier alpha value is -0.0900. The Morgan fingerprint density at radius 2 is 2.00 bits per heavy atom. The molecule has 1 aliphatic rings. The predicted octanol–water partition coefficient (Wildman–Crippen LogP) is 0.581. The van der Waals surface area contributed by atoms with Crippen molar-refractivity contribution in [1.82, 2.24) is 0 Å². The molecule has 0 amide bonds.